The van der Waals surface area contributed by atoms with Crippen LogP contribution < -0.4 is 9.47 Å². The van der Waals surface area contributed by atoms with E-state index in [4.69, 9.17) is 9.47 Å². The Balaban J connectivity index is 1.60. The van der Waals surface area contributed by atoms with Crippen molar-refractivity contribution in [1.29, 1.82) is 0 Å². The van der Waals surface area contributed by atoms with E-state index < -0.39 is 11.9 Å². The molecule has 0 aromatic heterocycles. The molecule has 0 N–H and O–H groups in total. The number of rotatable bonds is 6. The van der Waals surface area contributed by atoms with Crippen LogP contribution in [0, 0.1) is 0 Å². The number of carbonyl (C=O) groups is 2. The van der Waals surface area contributed by atoms with Crippen molar-refractivity contribution in [3.63, 3.8) is 0 Å². The van der Waals surface area contributed by atoms with Gasteiger partial charge in [-0.2, -0.15) is 0 Å². The van der Waals surface area contributed by atoms with Gasteiger partial charge in [-0.15, -0.1) is 0 Å². The largest absolute Gasteiger partial charge is 0.423 e. The maximum Gasteiger partial charge on any atom is 0.343 e. The Labute approximate surface area is 164 Å². The number of hydrogen-bond acceptors (Lipinski definition) is 4. The van der Waals surface area contributed by atoms with E-state index in [9.17, 15) is 9.59 Å². The maximum atomic E-state index is 12.2. The molecule has 3 rings (SSSR count). The van der Waals surface area contributed by atoms with Gasteiger partial charge in [0.15, 0.2) is 0 Å². The van der Waals surface area contributed by atoms with Gasteiger partial charge >= 0.3 is 11.9 Å². The normalized spacial score (nSPS) is 10.4. The van der Waals surface area contributed by atoms with Gasteiger partial charge in [-0.1, -0.05) is 38.1 Å². The summed E-state index contributed by atoms with van der Waals surface area (Å²) in [5.74, 6) is -0.0832. The topological polar surface area (TPSA) is 52.6 Å². The fraction of sp³-hybridized carbons (Fsp3) is 0.167. The van der Waals surface area contributed by atoms with Crippen molar-refractivity contribution in [1.82, 2.24) is 0 Å². The Kier molecular flexibility index (Phi) is 6.22. The number of hydrogen-bond donors (Lipinski definition) is 0. The second-order valence-corrected chi connectivity index (χ2v) is 6.35. The Morgan fingerprint density at radius 1 is 0.571 bits per heavy atom. The number of aryl methyl sites for hydroxylation is 2. The lowest BCUT2D eigenvalue weighted by atomic mass is 10.1. The van der Waals surface area contributed by atoms with Gasteiger partial charge in [-0.25, -0.2) is 9.59 Å². The maximum absolute atomic E-state index is 12.2. The Morgan fingerprint density at radius 2 is 0.893 bits per heavy atom. The zero-order chi connectivity index (χ0) is 19.9. The van der Waals surface area contributed by atoms with E-state index >= 15 is 0 Å². The average molecular weight is 374 g/mol. The first kappa shape index (κ1) is 19.4. The molecular formula is C24H22O4. The SMILES string of the molecule is CCc1ccc(C(=O)Oc2ccc(OC(=O)c3ccc(CC)cc3)cc2)cc1. The molecule has 0 aliphatic heterocycles. The Morgan fingerprint density at radius 3 is 1.18 bits per heavy atom. The van der Waals surface area contributed by atoms with Crippen LogP contribution in [0.1, 0.15) is 45.7 Å². The Bertz CT molecular complexity index is 859. The van der Waals surface area contributed by atoms with Crippen LogP contribution >= 0.6 is 0 Å². The molecule has 0 fully saturated rings. The lowest BCUT2D eigenvalue weighted by Crippen LogP contribution is -2.09. The van der Waals surface area contributed by atoms with Crippen molar-refractivity contribution < 1.29 is 19.1 Å². The molecule has 3 aromatic carbocycles. The van der Waals surface area contributed by atoms with Crippen LogP contribution in [0.4, 0.5) is 0 Å². The summed E-state index contributed by atoms with van der Waals surface area (Å²) in [6.07, 6.45) is 1.83. The van der Waals surface area contributed by atoms with Gasteiger partial charge in [0.2, 0.25) is 0 Å². The monoisotopic (exact) mass is 374 g/mol. The zero-order valence-electron chi connectivity index (χ0n) is 16.0. The van der Waals surface area contributed by atoms with E-state index in [2.05, 4.69) is 13.8 Å². The first-order valence-electron chi connectivity index (χ1n) is 9.31. The van der Waals surface area contributed by atoms with Crippen LogP contribution in [0.15, 0.2) is 72.8 Å². The summed E-state index contributed by atoms with van der Waals surface area (Å²) in [5.41, 5.74) is 3.30. The summed E-state index contributed by atoms with van der Waals surface area (Å²) >= 11 is 0. The fourth-order valence-electron chi connectivity index (χ4n) is 2.66. The minimum atomic E-state index is -0.427. The van der Waals surface area contributed by atoms with Crippen LogP contribution in [0.25, 0.3) is 0 Å². The molecule has 0 amide bonds. The van der Waals surface area contributed by atoms with Crippen molar-refractivity contribution in [2.24, 2.45) is 0 Å². The molecule has 28 heavy (non-hydrogen) atoms. The van der Waals surface area contributed by atoms with Gasteiger partial charge in [0.25, 0.3) is 0 Å². The second-order valence-electron chi connectivity index (χ2n) is 6.35. The summed E-state index contributed by atoms with van der Waals surface area (Å²) in [7, 11) is 0. The molecule has 142 valence electrons. The summed E-state index contributed by atoms with van der Waals surface area (Å²) in [4.78, 5) is 24.4. The first-order valence-corrected chi connectivity index (χ1v) is 9.31. The quantitative estimate of drug-likeness (QED) is 0.437. The molecule has 0 aliphatic rings. The van der Waals surface area contributed by atoms with E-state index in [0.29, 0.717) is 22.6 Å². The van der Waals surface area contributed by atoms with Gasteiger partial charge < -0.3 is 9.47 Å². The summed E-state index contributed by atoms with van der Waals surface area (Å²) in [6, 6.07) is 21.0. The van der Waals surface area contributed by atoms with E-state index in [-0.39, 0.29) is 0 Å². The van der Waals surface area contributed by atoms with E-state index in [1.807, 2.05) is 24.3 Å². The number of carbonyl (C=O) groups excluding carboxylic acids is 2. The lowest BCUT2D eigenvalue weighted by Gasteiger charge is -2.07. The van der Waals surface area contributed by atoms with E-state index in [1.165, 1.54) is 0 Å². The van der Waals surface area contributed by atoms with Gasteiger partial charge in [0, 0.05) is 0 Å². The van der Waals surface area contributed by atoms with Crippen molar-refractivity contribution in [3.8, 4) is 11.5 Å². The molecule has 0 bridgehead atoms. The number of ether oxygens (including phenoxy) is 2. The Hall–Kier alpha value is -3.40. The highest BCUT2D eigenvalue weighted by molar-refractivity contribution is 5.92. The third-order valence-electron chi connectivity index (χ3n) is 4.44. The summed E-state index contributed by atoms with van der Waals surface area (Å²) in [6.45, 7) is 4.11. The van der Waals surface area contributed by atoms with E-state index in [0.717, 1.165) is 24.0 Å². The van der Waals surface area contributed by atoms with Crippen molar-refractivity contribution in [3.05, 3.63) is 95.1 Å². The van der Waals surface area contributed by atoms with Crippen LogP contribution in [-0.4, -0.2) is 11.9 Å². The molecule has 0 saturated carbocycles. The molecule has 4 nitrogen and oxygen atoms in total. The highest BCUT2D eigenvalue weighted by atomic mass is 16.5. The zero-order valence-corrected chi connectivity index (χ0v) is 16.0. The smallest absolute Gasteiger partial charge is 0.343 e. The highest BCUT2D eigenvalue weighted by Gasteiger charge is 2.11. The minimum Gasteiger partial charge on any atom is -0.423 e. The van der Waals surface area contributed by atoms with Crippen molar-refractivity contribution >= 4 is 11.9 Å². The van der Waals surface area contributed by atoms with Gasteiger partial charge in [0.05, 0.1) is 11.1 Å². The van der Waals surface area contributed by atoms with Gasteiger partial charge in [0.1, 0.15) is 11.5 Å². The number of esters is 2. The average Bonchev–Trinajstić information content (AvgIpc) is 2.75. The molecule has 0 saturated heterocycles. The second kappa shape index (κ2) is 9.00. The lowest BCUT2D eigenvalue weighted by molar-refractivity contribution is 0.0719. The first-order chi connectivity index (χ1) is 13.6. The molecule has 0 aliphatic carbocycles. The summed E-state index contributed by atoms with van der Waals surface area (Å²) < 4.78 is 10.7. The molecule has 0 heterocycles. The number of benzene rings is 3. The highest BCUT2D eigenvalue weighted by Crippen LogP contribution is 2.20. The molecular weight excluding hydrogens is 352 g/mol. The third kappa shape index (κ3) is 4.86. The van der Waals surface area contributed by atoms with Crippen LogP contribution in [0.5, 0.6) is 11.5 Å². The summed E-state index contributed by atoms with van der Waals surface area (Å²) in [5, 5.41) is 0. The van der Waals surface area contributed by atoms with Crippen molar-refractivity contribution in [2.75, 3.05) is 0 Å². The van der Waals surface area contributed by atoms with Gasteiger partial charge in [-0.05, 0) is 72.5 Å². The molecule has 0 unspecified atom stereocenters. The molecule has 0 spiro atoms. The van der Waals surface area contributed by atoms with Crippen LogP contribution in [0.2, 0.25) is 0 Å². The fourth-order valence-corrected chi connectivity index (χ4v) is 2.66. The predicted octanol–water partition coefficient (Wildman–Crippen LogP) is 5.25. The van der Waals surface area contributed by atoms with Crippen molar-refractivity contribution in [2.45, 2.75) is 26.7 Å². The standard InChI is InChI=1S/C24H22O4/c1-3-17-5-9-19(10-6-17)23(25)27-21-13-15-22(16-14-21)28-24(26)20-11-7-18(4-2)8-12-20/h5-16H,3-4H2,1-2H3. The third-order valence-corrected chi connectivity index (χ3v) is 4.44. The molecule has 0 radical (unpaired) electrons. The molecule has 3 aromatic rings. The van der Waals surface area contributed by atoms with Crippen LogP contribution in [0.3, 0.4) is 0 Å². The molecule has 0 atom stereocenters. The molecule has 4 heteroatoms. The van der Waals surface area contributed by atoms with E-state index in [1.54, 1.807) is 48.5 Å². The van der Waals surface area contributed by atoms with Crippen LogP contribution in [-0.2, 0) is 12.8 Å². The van der Waals surface area contributed by atoms with Gasteiger partial charge in [-0.3, -0.25) is 0 Å². The minimum absolute atomic E-state index is 0.386. The predicted molar refractivity (Wildman–Crippen MR) is 108 cm³/mol.